The zero-order valence-corrected chi connectivity index (χ0v) is 11.8. The predicted molar refractivity (Wildman–Crippen MR) is 77.4 cm³/mol. The molecule has 1 aliphatic heterocycles. The molecule has 20 heavy (non-hydrogen) atoms. The smallest absolute Gasteiger partial charge is 0.264 e. The molecule has 1 N–H and O–H groups in total. The van der Waals surface area contributed by atoms with Gasteiger partial charge in [0.05, 0.1) is 10.6 Å². The van der Waals surface area contributed by atoms with Crippen molar-refractivity contribution in [3.63, 3.8) is 0 Å². The van der Waals surface area contributed by atoms with Crippen LogP contribution in [0.1, 0.15) is 12.5 Å². The number of benzene rings is 2. The van der Waals surface area contributed by atoms with Crippen LogP contribution in [0.2, 0.25) is 0 Å². The standard InChI is InChI=1S/C15H15NO3S/c1-11-10-12-4-2-3-5-15(12)16(11)20(18,19)14-8-6-13(17)7-9-14/h2-9,11,17H,10H2,1H3. The van der Waals surface area contributed by atoms with Gasteiger partial charge in [0.25, 0.3) is 10.0 Å². The lowest BCUT2D eigenvalue weighted by atomic mass is 10.1. The molecule has 2 aromatic carbocycles. The van der Waals surface area contributed by atoms with Crippen LogP contribution in [0.4, 0.5) is 5.69 Å². The molecule has 5 heteroatoms. The largest absolute Gasteiger partial charge is 0.508 e. The van der Waals surface area contributed by atoms with E-state index in [1.165, 1.54) is 28.6 Å². The van der Waals surface area contributed by atoms with Crippen molar-refractivity contribution >= 4 is 15.7 Å². The Morgan fingerprint density at radius 2 is 1.75 bits per heavy atom. The lowest BCUT2D eigenvalue weighted by molar-refractivity contribution is 0.474. The summed E-state index contributed by atoms with van der Waals surface area (Å²) in [6, 6.07) is 13.1. The molecule has 1 unspecified atom stereocenters. The Morgan fingerprint density at radius 1 is 1.10 bits per heavy atom. The Labute approximate surface area is 118 Å². The van der Waals surface area contributed by atoms with Gasteiger partial charge in [-0.1, -0.05) is 18.2 Å². The third kappa shape index (κ3) is 1.94. The highest BCUT2D eigenvalue weighted by atomic mass is 32.2. The van der Waals surface area contributed by atoms with Crippen LogP contribution in [0.15, 0.2) is 53.4 Å². The number of phenols is 1. The fourth-order valence-electron chi connectivity index (χ4n) is 2.64. The summed E-state index contributed by atoms with van der Waals surface area (Å²) in [5.74, 6) is 0.0545. The second-order valence-corrected chi connectivity index (χ2v) is 6.79. The average Bonchev–Trinajstić information content (AvgIpc) is 2.75. The molecular weight excluding hydrogens is 274 g/mol. The molecule has 0 amide bonds. The van der Waals surface area contributed by atoms with Crippen molar-refractivity contribution in [3.05, 3.63) is 54.1 Å². The number of anilines is 1. The SMILES string of the molecule is CC1Cc2ccccc2N1S(=O)(=O)c1ccc(O)cc1. The zero-order valence-electron chi connectivity index (χ0n) is 11.0. The molecular formula is C15H15NO3S. The Balaban J connectivity index is 2.10. The maximum absolute atomic E-state index is 12.8. The predicted octanol–water partition coefficient (Wildman–Crippen LogP) is 2.53. The Morgan fingerprint density at radius 3 is 2.45 bits per heavy atom. The molecule has 104 valence electrons. The van der Waals surface area contributed by atoms with E-state index in [-0.39, 0.29) is 16.7 Å². The van der Waals surface area contributed by atoms with E-state index in [4.69, 9.17) is 0 Å². The van der Waals surface area contributed by atoms with Crippen LogP contribution in [0.3, 0.4) is 0 Å². The van der Waals surface area contributed by atoms with Crippen molar-refractivity contribution in [2.45, 2.75) is 24.3 Å². The summed E-state index contributed by atoms with van der Waals surface area (Å²) in [6.07, 6.45) is 0.716. The van der Waals surface area contributed by atoms with Gasteiger partial charge in [0, 0.05) is 6.04 Å². The first-order valence-electron chi connectivity index (χ1n) is 6.41. The maximum atomic E-state index is 12.8. The number of fused-ring (bicyclic) bond motifs is 1. The summed E-state index contributed by atoms with van der Waals surface area (Å²) in [5, 5.41) is 9.29. The van der Waals surface area contributed by atoms with Gasteiger partial charge in [-0.25, -0.2) is 8.42 Å². The van der Waals surface area contributed by atoms with Crippen LogP contribution in [0.5, 0.6) is 5.75 Å². The number of hydrogen-bond acceptors (Lipinski definition) is 3. The van der Waals surface area contributed by atoms with Crippen LogP contribution in [0.25, 0.3) is 0 Å². The Hall–Kier alpha value is -2.01. The van der Waals surface area contributed by atoms with Gasteiger partial charge in [-0.15, -0.1) is 0 Å². The van der Waals surface area contributed by atoms with Gasteiger partial charge in [-0.05, 0) is 49.2 Å². The lowest BCUT2D eigenvalue weighted by Gasteiger charge is -2.24. The van der Waals surface area contributed by atoms with Crippen LogP contribution < -0.4 is 4.31 Å². The van der Waals surface area contributed by atoms with Crippen molar-refractivity contribution in [1.82, 2.24) is 0 Å². The van der Waals surface area contributed by atoms with Gasteiger partial charge >= 0.3 is 0 Å². The number of nitrogens with zero attached hydrogens (tertiary/aromatic N) is 1. The summed E-state index contributed by atoms with van der Waals surface area (Å²) < 4.78 is 27.0. The van der Waals surface area contributed by atoms with Crippen LogP contribution in [-0.4, -0.2) is 19.6 Å². The van der Waals surface area contributed by atoms with Crippen LogP contribution >= 0.6 is 0 Å². The number of aromatic hydroxyl groups is 1. The monoisotopic (exact) mass is 289 g/mol. The second kappa shape index (κ2) is 4.52. The van der Waals surface area contributed by atoms with Crippen molar-refractivity contribution in [2.75, 3.05) is 4.31 Å². The molecule has 0 aliphatic carbocycles. The van der Waals surface area contributed by atoms with E-state index in [9.17, 15) is 13.5 Å². The minimum absolute atomic E-state index is 0.0545. The number of para-hydroxylation sites is 1. The normalized spacial score (nSPS) is 18.1. The molecule has 0 saturated heterocycles. The maximum Gasteiger partial charge on any atom is 0.264 e. The van der Waals surface area contributed by atoms with Gasteiger partial charge in [-0.2, -0.15) is 0 Å². The summed E-state index contributed by atoms with van der Waals surface area (Å²) >= 11 is 0. The van der Waals surface area contributed by atoms with Gasteiger partial charge in [0.1, 0.15) is 5.75 Å². The van der Waals surface area contributed by atoms with Crippen molar-refractivity contribution in [2.24, 2.45) is 0 Å². The first-order chi connectivity index (χ1) is 9.50. The quantitative estimate of drug-likeness (QED) is 0.924. The van der Waals surface area contributed by atoms with Gasteiger partial charge in [-0.3, -0.25) is 4.31 Å². The molecule has 0 aromatic heterocycles. The fourth-order valence-corrected chi connectivity index (χ4v) is 4.33. The van der Waals surface area contributed by atoms with E-state index in [0.29, 0.717) is 6.42 Å². The molecule has 1 heterocycles. The first kappa shape index (κ1) is 13.0. The molecule has 0 fully saturated rings. The molecule has 0 spiro atoms. The van der Waals surface area contributed by atoms with E-state index < -0.39 is 10.0 Å². The lowest BCUT2D eigenvalue weighted by Crippen LogP contribution is -2.35. The molecule has 3 rings (SSSR count). The minimum atomic E-state index is -3.60. The Bertz CT molecular complexity index is 738. The second-order valence-electron chi connectivity index (χ2n) is 4.98. The van der Waals surface area contributed by atoms with Crippen LogP contribution in [-0.2, 0) is 16.4 Å². The zero-order chi connectivity index (χ0) is 14.3. The van der Waals surface area contributed by atoms with Gasteiger partial charge in [0.2, 0.25) is 0 Å². The topological polar surface area (TPSA) is 57.6 Å². The summed E-state index contributed by atoms with van der Waals surface area (Å²) in [4.78, 5) is 0.193. The highest BCUT2D eigenvalue weighted by Gasteiger charge is 2.35. The summed E-state index contributed by atoms with van der Waals surface area (Å²) in [7, 11) is -3.60. The molecule has 2 aromatic rings. The summed E-state index contributed by atoms with van der Waals surface area (Å²) in [5.41, 5.74) is 1.79. The van der Waals surface area contributed by atoms with E-state index >= 15 is 0 Å². The molecule has 1 atom stereocenters. The van der Waals surface area contributed by atoms with E-state index in [1.54, 1.807) is 0 Å². The number of hydrogen-bond donors (Lipinski definition) is 1. The third-order valence-corrected chi connectivity index (χ3v) is 5.48. The van der Waals surface area contributed by atoms with Gasteiger partial charge < -0.3 is 5.11 Å². The number of sulfonamides is 1. The summed E-state index contributed by atoms with van der Waals surface area (Å²) in [6.45, 7) is 1.90. The minimum Gasteiger partial charge on any atom is -0.508 e. The molecule has 0 bridgehead atoms. The number of phenolic OH excluding ortho intramolecular Hbond substituents is 1. The molecule has 0 radical (unpaired) electrons. The molecule has 1 aliphatic rings. The number of rotatable bonds is 2. The van der Waals surface area contributed by atoms with E-state index in [0.717, 1.165) is 11.3 Å². The van der Waals surface area contributed by atoms with E-state index in [2.05, 4.69) is 0 Å². The fraction of sp³-hybridized carbons (Fsp3) is 0.200. The highest BCUT2D eigenvalue weighted by molar-refractivity contribution is 7.92. The van der Waals surface area contributed by atoms with Crippen LogP contribution in [0, 0.1) is 0 Å². The average molecular weight is 289 g/mol. The third-order valence-electron chi connectivity index (χ3n) is 3.54. The first-order valence-corrected chi connectivity index (χ1v) is 7.85. The highest BCUT2D eigenvalue weighted by Crippen LogP contribution is 2.36. The van der Waals surface area contributed by atoms with Crippen molar-refractivity contribution < 1.29 is 13.5 Å². The van der Waals surface area contributed by atoms with Crippen molar-refractivity contribution in [1.29, 1.82) is 0 Å². The Kier molecular flexibility index (Phi) is 2.94. The van der Waals surface area contributed by atoms with Gasteiger partial charge in [0.15, 0.2) is 0 Å². The van der Waals surface area contributed by atoms with E-state index in [1.807, 2.05) is 31.2 Å². The van der Waals surface area contributed by atoms with Crippen molar-refractivity contribution in [3.8, 4) is 5.75 Å². The molecule has 4 nitrogen and oxygen atoms in total. The molecule has 0 saturated carbocycles.